The van der Waals surface area contributed by atoms with Crippen LogP contribution in [0.4, 0.5) is 0 Å². The Morgan fingerprint density at radius 1 is 1.35 bits per heavy atom. The van der Waals surface area contributed by atoms with Crippen LogP contribution < -0.4 is 10.9 Å². The van der Waals surface area contributed by atoms with E-state index in [4.69, 9.17) is 0 Å². The summed E-state index contributed by atoms with van der Waals surface area (Å²) in [6, 6.07) is 1.48. The first-order valence-corrected chi connectivity index (χ1v) is 8.76. The van der Waals surface area contributed by atoms with Crippen molar-refractivity contribution in [1.82, 2.24) is 20.2 Å². The van der Waals surface area contributed by atoms with Crippen LogP contribution in [0, 0.1) is 0 Å². The Bertz CT molecular complexity index is 588. The van der Waals surface area contributed by atoms with Gasteiger partial charge in [0.2, 0.25) is 11.8 Å². The molecule has 8 heteroatoms. The SMILES string of the molecule is CCCc1cc(=O)[nH]c(SCC(=O)N(CC)CC(=O)NCC)n1. The third kappa shape index (κ3) is 6.85. The van der Waals surface area contributed by atoms with Gasteiger partial charge in [-0.3, -0.25) is 14.4 Å². The van der Waals surface area contributed by atoms with Crippen molar-refractivity contribution >= 4 is 23.6 Å². The number of carbonyl (C=O) groups is 2. The first-order valence-electron chi connectivity index (χ1n) is 7.77. The summed E-state index contributed by atoms with van der Waals surface area (Å²) in [4.78, 5) is 43.8. The van der Waals surface area contributed by atoms with Crippen molar-refractivity contribution in [2.45, 2.75) is 38.8 Å². The minimum atomic E-state index is -0.215. The summed E-state index contributed by atoms with van der Waals surface area (Å²) in [5.41, 5.74) is 0.508. The Balaban J connectivity index is 2.63. The second-order valence-electron chi connectivity index (χ2n) is 4.94. The van der Waals surface area contributed by atoms with Crippen LogP contribution in [0.1, 0.15) is 32.9 Å². The van der Waals surface area contributed by atoms with Crippen LogP contribution in [0.15, 0.2) is 16.0 Å². The van der Waals surface area contributed by atoms with E-state index >= 15 is 0 Å². The van der Waals surface area contributed by atoms with Gasteiger partial charge in [0.25, 0.3) is 5.56 Å². The van der Waals surface area contributed by atoms with Crippen LogP contribution >= 0.6 is 11.8 Å². The molecule has 0 saturated heterocycles. The number of H-pyrrole nitrogens is 1. The molecule has 0 fully saturated rings. The van der Waals surface area contributed by atoms with E-state index in [-0.39, 0.29) is 29.7 Å². The predicted octanol–water partition coefficient (Wildman–Crippen LogP) is 0.799. The molecule has 0 bridgehead atoms. The van der Waals surface area contributed by atoms with E-state index < -0.39 is 0 Å². The van der Waals surface area contributed by atoms with Crippen molar-refractivity contribution in [3.63, 3.8) is 0 Å². The molecule has 128 valence electrons. The van der Waals surface area contributed by atoms with E-state index in [9.17, 15) is 14.4 Å². The van der Waals surface area contributed by atoms with Crippen molar-refractivity contribution in [2.75, 3.05) is 25.4 Å². The van der Waals surface area contributed by atoms with Crippen LogP contribution in [0.3, 0.4) is 0 Å². The molecule has 7 nitrogen and oxygen atoms in total. The zero-order valence-corrected chi connectivity index (χ0v) is 14.7. The fourth-order valence-corrected chi connectivity index (χ4v) is 2.76. The predicted molar refractivity (Wildman–Crippen MR) is 90.5 cm³/mol. The Morgan fingerprint density at radius 2 is 2.09 bits per heavy atom. The number of likely N-dealkylation sites (N-methyl/N-ethyl adjacent to an activating group) is 2. The third-order valence-electron chi connectivity index (χ3n) is 3.05. The molecule has 1 aromatic heterocycles. The van der Waals surface area contributed by atoms with Gasteiger partial charge in [-0.1, -0.05) is 25.1 Å². The molecule has 0 unspecified atom stereocenters. The van der Waals surface area contributed by atoms with Gasteiger partial charge in [-0.15, -0.1) is 0 Å². The molecule has 0 aliphatic carbocycles. The van der Waals surface area contributed by atoms with Gasteiger partial charge < -0.3 is 15.2 Å². The highest BCUT2D eigenvalue weighted by Gasteiger charge is 2.16. The zero-order valence-electron chi connectivity index (χ0n) is 13.8. The summed E-state index contributed by atoms with van der Waals surface area (Å²) in [6.45, 7) is 6.70. The molecule has 0 aromatic carbocycles. The average Bonchev–Trinajstić information content (AvgIpc) is 2.50. The number of nitrogens with one attached hydrogen (secondary N) is 2. The van der Waals surface area contributed by atoms with E-state index in [0.29, 0.717) is 18.2 Å². The van der Waals surface area contributed by atoms with Gasteiger partial charge in [-0.05, 0) is 20.3 Å². The first kappa shape index (κ1) is 19.2. The number of hydrogen-bond acceptors (Lipinski definition) is 5. The van der Waals surface area contributed by atoms with Crippen LogP contribution in [0.25, 0.3) is 0 Å². The smallest absolute Gasteiger partial charge is 0.251 e. The van der Waals surface area contributed by atoms with Gasteiger partial charge in [-0.2, -0.15) is 0 Å². The van der Waals surface area contributed by atoms with Gasteiger partial charge in [0.15, 0.2) is 5.16 Å². The van der Waals surface area contributed by atoms with Gasteiger partial charge >= 0.3 is 0 Å². The van der Waals surface area contributed by atoms with E-state index in [1.54, 1.807) is 0 Å². The van der Waals surface area contributed by atoms with Crippen molar-refractivity contribution in [3.8, 4) is 0 Å². The largest absolute Gasteiger partial charge is 0.355 e. The van der Waals surface area contributed by atoms with Gasteiger partial charge in [0.1, 0.15) is 0 Å². The molecule has 1 heterocycles. The first-order chi connectivity index (χ1) is 11.0. The molecule has 0 aliphatic rings. The number of amides is 2. The monoisotopic (exact) mass is 340 g/mol. The number of hydrogen-bond donors (Lipinski definition) is 2. The lowest BCUT2D eigenvalue weighted by molar-refractivity contribution is -0.133. The maximum absolute atomic E-state index is 12.2. The second kappa shape index (κ2) is 10.0. The van der Waals surface area contributed by atoms with Gasteiger partial charge in [-0.25, -0.2) is 4.98 Å². The van der Waals surface area contributed by atoms with Crippen LogP contribution in [-0.2, 0) is 16.0 Å². The van der Waals surface area contributed by atoms with E-state index in [1.165, 1.54) is 22.7 Å². The van der Waals surface area contributed by atoms with Crippen LogP contribution in [-0.4, -0.2) is 52.1 Å². The maximum atomic E-state index is 12.2. The molecule has 2 amide bonds. The average molecular weight is 340 g/mol. The third-order valence-corrected chi connectivity index (χ3v) is 3.91. The minimum absolute atomic E-state index is 0.0452. The van der Waals surface area contributed by atoms with Gasteiger partial charge in [0, 0.05) is 24.8 Å². The molecule has 23 heavy (non-hydrogen) atoms. The van der Waals surface area contributed by atoms with Crippen molar-refractivity contribution in [1.29, 1.82) is 0 Å². The Hall–Kier alpha value is -1.83. The number of aromatic amines is 1. The highest BCUT2D eigenvalue weighted by molar-refractivity contribution is 7.99. The fourth-order valence-electron chi connectivity index (χ4n) is 1.96. The molecule has 2 N–H and O–H groups in total. The summed E-state index contributed by atoms with van der Waals surface area (Å²) in [5, 5.41) is 3.10. The van der Waals surface area contributed by atoms with Crippen LogP contribution in [0.5, 0.6) is 0 Å². The molecule has 1 rings (SSSR count). The number of nitrogens with zero attached hydrogens (tertiary/aromatic N) is 2. The molecule has 0 saturated carbocycles. The zero-order chi connectivity index (χ0) is 17.2. The molecule has 0 atom stereocenters. The lowest BCUT2D eigenvalue weighted by Gasteiger charge is -2.19. The summed E-state index contributed by atoms with van der Waals surface area (Å²) in [5.74, 6) is -0.206. The lowest BCUT2D eigenvalue weighted by Crippen LogP contribution is -2.41. The Kier molecular flexibility index (Phi) is 8.39. The van der Waals surface area contributed by atoms with Crippen molar-refractivity contribution < 1.29 is 9.59 Å². The summed E-state index contributed by atoms with van der Waals surface area (Å²) < 4.78 is 0. The van der Waals surface area contributed by atoms with Crippen LogP contribution in [0.2, 0.25) is 0 Å². The fraction of sp³-hybridized carbons (Fsp3) is 0.600. The van der Waals surface area contributed by atoms with Gasteiger partial charge in [0.05, 0.1) is 12.3 Å². The number of aromatic nitrogens is 2. The maximum Gasteiger partial charge on any atom is 0.251 e. The number of thioether (sulfide) groups is 1. The molecule has 0 radical (unpaired) electrons. The molecule has 1 aromatic rings. The van der Waals surface area contributed by atoms with Crippen molar-refractivity contribution in [2.24, 2.45) is 0 Å². The van der Waals surface area contributed by atoms with Crippen molar-refractivity contribution in [3.05, 3.63) is 22.1 Å². The van der Waals surface area contributed by atoms with E-state index in [2.05, 4.69) is 15.3 Å². The number of rotatable bonds is 9. The normalized spacial score (nSPS) is 10.4. The lowest BCUT2D eigenvalue weighted by atomic mass is 10.2. The number of carbonyl (C=O) groups excluding carboxylic acids is 2. The Morgan fingerprint density at radius 3 is 2.70 bits per heavy atom. The molecule has 0 spiro atoms. The Labute approximate surface area is 140 Å². The summed E-state index contributed by atoms with van der Waals surface area (Å²) in [7, 11) is 0. The number of aryl methyl sites for hydroxylation is 1. The highest BCUT2D eigenvalue weighted by Crippen LogP contribution is 2.12. The van der Waals surface area contributed by atoms with E-state index in [1.807, 2.05) is 20.8 Å². The topological polar surface area (TPSA) is 95.2 Å². The molecule has 0 aliphatic heterocycles. The molecular formula is C15H24N4O3S. The second-order valence-corrected chi connectivity index (χ2v) is 5.91. The van der Waals surface area contributed by atoms with E-state index in [0.717, 1.165) is 18.5 Å². The minimum Gasteiger partial charge on any atom is -0.355 e. The summed E-state index contributed by atoms with van der Waals surface area (Å²) >= 11 is 1.18. The quantitative estimate of drug-likeness (QED) is 0.512. The summed E-state index contributed by atoms with van der Waals surface area (Å²) in [6.07, 6.45) is 1.62. The molecular weight excluding hydrogens is 316 g/mol. The highest BCUT2D eigenvalue weighted by atomic mass is 32.2. The standard InChI is InChI=1S/C15H24N4O3S/c1-4-7-11-8-12(20)18-15(17-11)23-10-14(22)19(6-3)9-13(21)16-5-2/h8H,4-7,9-10H2,1-3H3,(H,16,21)(H,17,18,20).